The van der Waals surface area contributed by atoms with Crippen molar-refractivity contribution in [2.24, 2.45) is 7.05 Å². The number of nitrogens with one attached hydrogen (secondary N) is 2. The molecule has 16 heavy (non-hydrogen) atoms. The summed E-state index contributed by atoms with van der Waals surface area (Å²) in [4.78, 5) is 17.4. The summed E-state index contributed by atoms with van der Waals surface area (Å²) >= 11 is 0. The van der Waals surface area contributed by atoms with Crippen LogP contribution in [-0.4, -0.2) is 26.3 Å². The molecule has 0 amide bonds. The Balaban J connectivity index is 1.86. The Bertz CT molecular complexity index is 516. The molecule has 0 aliphatic rings. The Labute approximate surface area is 92.3 Å². The molecule has 0 aromatic carbocycles. The minimum atomic E-state index is -0.157. The highest BCUT2D eigenvalue weighted by Gasteiger charge is 1.97. The maximum absolute atomic E-state index is 11.0. The van der Waals surface area contributed by atoms with Crippen molar-refractivity contribution in [1.29, 1.82) is 0 Å². The van der Waals surface area contributed by atoms with Gasteiger partial charge in [0.25, 0.3) is 5.56 Å². The van der Waals surface area contributed by atoms with Gasteiger partial charge in [-0.25, -0.2) is 4.98 Å². The summed E-state index contributed by atoms with van der Waals surface area (Å²) in [6, 6.07) is 3.39. The van der Waals surface area contributed by atoms with Gasteiger partial charge >= 0.3 is 0 Å². The minimum Gasteiger partial charge on any atom is -0.369 e. The zero-order valence-corrected chi connectivity index (χ0v) is 8.97. The first-order chi connectivity index (χ1) is 7.74. The lowest BCUT2D eigenvalue weighted by Crippen LogP contribution is -2.11. The van der Waals surface area contributed by atoms with Crippen molar-refractivity contribution in [1.82, 2.24) is 19.7 Å². The molecule has 0 fully saturated rings. The van der Waals surface area contributed by atoms with E-state index in [1.54, 1.807) is 4.68 Å². The molecule has 0 spiro atoms. The van der Waals surface area contributed by atoms with Gasteiger partial charge in [-0.05, 0) is 6.07 Å². The van der Waals surface area contributed by atoms with Crippen LogP contribution in [0.3, 0.4) is 0 Å². The number of nitrogens with zero attached hydrogens (tertiary/aromatic N) is 3. The van der Waals surface area contributed by atoms with Gasteiger partial charge in [0.15, 0.2) is 0 Å². The highest BCUT2D eigenvalue weighted by atomic mass is 16.1. The van der Waals surface area contributed by atoms with Gasteiger partial charge in [-0.1, -0.05) is 0 Å². The number of H-pyrrole nitrogens is 1. The number of anilines is 1. The Kier molecular flexibility index (Phi) is 3.00. The molecule has 0 unspecified atom stereocenters. The molecular weight excluding hydrogens is 206 g/mol. The van der Waals surface area contributed by atoms with Gasteiger partial charge in [-0.2, -0.15) is 5.10 Å². The van der Waals surface area contributed by atoms with E-state index in [0.29, 0.717) is 12.4 Å². The SMILES string of the molecule is Cn1ccc(CCNc2cc(=O)[nH]cn2)n1. The Morgan fingerprint density at radius 1 is 1.56 bits per heavy atom. The number of hydrogen-bond acceptors (Lipinski definition) is 4. The van der Waals surface area contributed by atoms with Gasteiger partial charge in [0.1, 0.15) is 5.82 Å². The second-order valence-electron chi connectivity index (χ2n) is 3.45. The van der Waals surface area contributed by atoms with Crippen molar-refractivity contribution in [2.45, 2.75) is 6.42 Å². The zero-order chi connectivity index (χ0) is 11.4. The fourth-order valence-corrected chi connectivity index (χ4v) is 1.38. The van der Waals surface area contributed by atoms with Gasteiger partial charge in [-0.3, -0.25) is 9.48 Å². The van der Waals surface area contributed by atoms with E-state index in [2.05, 4.69) is 20.4 Å². The quantitative estimate of drug-likeness (QED) is 0.768. The number of hydrogen-bond donors (Lipinski definition) is 2. The molecular formula is C10H13N5O. The minimum absolute atomic E-state index is 0.157. The molecule has 0 radical (unpaired) electrons. The van der Waals surface area contributed by atoms with Crippen molar-refractivity contribution in [3.8, 4) is 0 Å². The van der Waals surface area contributed by atoms with Crippen LogP contribution in [0.4, 0.5) is 5.82 Å². The Morgan fingerprint density at radius 3 is 3.12 bits per heavy atom. The van der Waals surface area contributed by atoms with Crippen LogP contribution in [0.25, 0.3) is 0 Å². The van der Waals surface area contributed by atoms with Gasteiger partial charge in [-0.15, -0.1) is 0 Å². The third-order valence-corrected chi connectivity index (χ3v) is 2.13. The molecule has 0 aliphatic carbocycles. The van der Waals surface area contributed by atoms with E-state index in [9.17, 15) is 4.79 Å². The normalized spacial score (nSPS) is 10.3. The highest BCUT2D eigenvalue weighted by Crippen LogP contribution is 1.98. The molecule has 6 heteroatoms. The Hall–Kier alpha value is -2.11. The first-order valence-corrected chi connectivity index (χ1v) is 5.01. The van der Waals surface area contributed by atoms with E-state index in [1.165, 1.54) is 12.4 Å². The number of aryl methyl sites for hydroxylation is 1. The second-order valence-corrected chi connectivity index (χ2v) is 3.45. The molecule has 2 heterocycles. The molecule has 0 aliphatic heterocycles. The van der Waals surface area contributed by atoms with E-state index in [-0.39, 0.29) is 5.56 Å². The lowest BCUT2D eigenvalue weighted by atomic mass is 10.3. The van der Waals surface area contributed by atoms with E-state index in [4.69, 9.17) is 0 Å². The number of aromatic amines is 1. The molecule has 0 atom stereocenters. The summed E-state index contributed by atoms with van der Waals surface area (Å²) in [5.41, 5.74) is 0.857. The van der Waals surface area contributed by atoms with Crippen LogP contribution in [0.2, 0.25) is 0 Å². The zero-order valence-electron chi connectivity index (χ0n) is 8.97. The third-order valence-electron chi connectivity index (χ3n) is 2.13. The Morgan fingerprint density at radius 2 is 2.44 bits per heavy atom. The largest absolute Gasteiger partial charge is 0.369 e. The molecule has 0 saturated carbocycles. The van der Waals surface area contributed by atoms with Crippen LogP contribution < -0.4 is 10.9 Å². The van der Waals surface area contributed by atoms with E-state index in [1.807, 2.05) is 19.3 Å². The fraction of sp³-hybridized carbons (Fsp3) is 0.300. The molecule has 2 rings (SSSR count). The number of aromatic nitrogens is 4. The monoisotopic (exact) mass is 219 g/mol. The summed E-state index contributed by atoms with van der Waals surface area (Å²) in [5, 5.41) is 7.31. The molecule has 2 aromatic heterocycles. The van der Waals surface area contributed by atoms with Crippen molar-refractivity contribution in [3.05, 3.63) is 40.7 Å². The first kappa shape index (κ1) is 10.4. The fourth-order valence-electron chi connectivity index (χ4n) is 1.38. The molecule has 6 nitrogen and oxygen atoms in total. The van der Waals surface area contributed by atoms with E-state index in [0.717, 1.165) is 12.1 Å². The standard InChI is InChI=1S/C10H13N5O/c1-15-5-3-8(14-15)2-4-11-9-6-10(16)13-7-12-9/h3,5-7H,2,4H2,1H3,(H2,11,12,13,16). The topological polar surface area (TPSA) is 75.6 Å². The highest BCUT2D eigenvalue weighted by molar-refractivity contribution is 5.31. The van der Waals surface area contributed by atoms with Gasteiger partial charge in [0, 0.05) is 32.3 Å². The van der Waals surface area contributed by atoms with Crippen LogP contribution in [0, 0.1) is 0 Å². The van der Waals surface area contributed by atoms with Crippen LogP contribution in [0.5, 0.6) is 0 Å². The van der Waals surface area contributed by atoms with Crippen molar-refractivity contribution >= 4 is 5.82 Å². The predicted octanol–water partition coefficient (Wildman–Crippen LogP) is 0.158. The summed E-state index contributed by atoms with van der Waals surface area (Å²) < 4.78 is 1.76. The maximum atomic E-state index is 11.0. The van der Waals surface area contributed by atoms with Gasteiger partial charge < -0.3 is 10.3 Å². The van der Waals surface area contributed by atoms with E-state index < -0.39 is 0 Å². The lowest BCUT2D eigenvalue weighted by molar-refractivity contribution is 0.742. The van der Waals surface area contributed by atoms with E-state index >= 15 is 0 Å². The number of rotatable bonds is 4. The third kappa shape index (κ3) is 2.69. The maximum Gasteiger partial charge on any atom is 0.252 e. The first-order valence-electron chi connectivity index (χ1n) is 5.01. The van der Waals surface area contributed by atoms with Gasteiger partial charge in [0.05, 0.1) is 12.0 Å². The van der Waals surface area contributed by atoms with Crippen molar-refractivity contribution in [3.63, 3.8) is 0 Å². The predicted molar refractivity (Wildman–Crippen MR) is 60.3 cm³/mol. The summed E-state index contributed by atoms with van der Waals surface area (Å²) in [6.45, 7) is 0.702. The molecule has 2 N–H and O–H groups in total. The smallest absolute Gasteiger partial charge is 0.252 e. The van der Waals surface area contributed by atoms with Crippen LogP contribution in [0.1, 0.15) is 5.69 Å². The average molecular weight is 219 g/mol. The molecule has 0 saturated heterocycles. The summed E-state index contributed by atoms with van der Waals surface area (Å²) in [6.07, 6.45) is 4.08. The van der Waals surface area contributed by atoms with Crippen molar-refractivity contribution in [2.75, 3.05) is 11.9 Å². The van der Waals surface area contributed by atoms with Crippen LogP contribution in [-0.2, 0) is 13.5 Å². The van der Waals surface area contributed by atoms with Crippen LogP contribution >= 0.6 is 0 Å². The molecule has 84 valence electrons. The average Bonchev–Trinajstić information content (AvgIpc) is 2.64. The summed E-state index contributed by atoms with van der Waals surface area (Å²) in [7, 11) is 1.88. The van der Waals surface area contributed by atoms with Crippen LogP contribution in [0.15, 0.2) is 29.5 Å². The molecule has 0 bridgehead atoms. The van der Waals surface area contributed by atoms with Crippen molar-refractivity contribution < 1.29 is 0 Å². The second kappa shape index (κ2) is 4.61. The lowest BCUT2D eigenvalue weighted by Gasteiger charge is -2.02. The molecule has 2 aromatic rings. The van der Waals surface area contributed by atoms with Gasteiger partial charge in [0.2, 0.25) is 0 Å². The summed E-state index contributed by atoms with van der Waals surface area (Å²) in [5.74, 6) is 0.583.